The van der Waals surface area contributed by atoms with Crippen molar-refractivity contribution in [3.63, 3.8) is 0 Å². The second-order valence-corrected chi connectivity index (χ2v) is 13.6. The maximum absolute atomic E-state index is 6.59. The molecule has 0 unspecified atom stereocenters. The largest absolute Gasteiger partial charge is 1.00 e. The second-order valence-electron chi connectivity index (χ2n) is 13.2. The Bertz CT molecular complexity index is 1270. The summed E-state index contributed by atoms with van der Waals surface area (Å²) in [6.45, 7) is 26.9. The first kappa shape index (κ1) is 45.8. The molecule has 0 spiro atoms. The summed E-state index contributed by atoms with van der Waals surface area (Å²) < 4.78 is 0. The van der Waals surface area contributed by atoms with Crippen molar-refractivity contribution in [1.82, 2.24) is 4.98 Å². The molecule has 3 rings (SSSR count). The van der Waals surface area contributed by atoms with E-state index in [9.17, 15) is 0 Å². The Labute approximate surface area is 309 Å². The minimum absolute atomic E-state index is 0. The number of pyridine rings is 1. The molecule has 0 atom stereocenters. The second kappa shape index (κ2) is 20.1. The molecule has 8 heteroatoms. The molecule has 0 saturated carbocycles. The number of hydrogen-bond acceptors (Lipinski definition) is 3. The molecule has 0 bridgehead atoms. The van der Waals surface area contributed by atoms with Gasteiger partial charge in [-0.2, -0.15) is 0 Å². The molecular weight excluding hydrogens is 679 g/mol. The van der Waals surface area contributed by atoms with Gasteiger partial charge in [-0.05, 0) is 81.0 Å². The summed E-state index contributed by atoms with van der Waals surface area (Å²) in [5.41, 5.74) is 11.3. The fourth-order valence-corrected chi connectivity index (χ4v) is 5.29. The molecule has 249 valence electrons. The zero-order chi connectivity index (χ0) is 30.6. The van der Waals surface area contributed by atoms with Crippen LogP contribution in [0.5, 0.6) is 0 Å². The quantitative estimate of drug-likeness (QED) is 0.296. The standard InChI is InChI=1S/C37H50ClN3.3ClH.V/c1-21(2)27-13-32(23(5)6)36(33(14-27)24(7)8)39-19-30-17-29(38)18-31(41-30)20-40-37-34(25(9)10)15-28(22(3)4)16-35(37)26(11)12;;;;/h13-26H,1-12H3;3*1H;/p-3. The summed E-state index contributed by atoms with van der Waals surface area (Å²) in [7, 11) is 0. The molecule has 0 aliphatic rings. The zero-order valence-electron chi connectivity index (χ0n) is 28.9. The number of benzene rings is 2. The zero-order valence-corrected chi connectivity index (χ0v) is 33.3. The number of aliphatic imine (C=N–C) groups is 2. The molecule has 0 saturated heterocycles. The van der Waals surface area contributed by atoms with Crippen LogP contribution in [0.1, 0.15) is 163 Å². The third kappa shape index (κ3) is 12.0. The van der Waals surface area contributed by atoms with Crippen LogP contribution in [0.3, 0.4) is 0 Å². The maximum Gasteiger partial charge on any atom is 0.0835 e. The average molecular weight is 730 g/mol. The maximum atomic E-state index is 6.59. The average Bonchev–Trinajstić information content (AvgIpc) is 2.88. The first-order chi connectivity index (χ1) is 19.2. The number of rotatable bonds is 10. The van der Waals surface area contributed by atoms with E-state index >= 15 is 0 Å². The number of halogens is 4. The minimum Gasteiger partial charge on any atom is -1.00 e. The number of hydrogen-bond donors (Lipinski definition) is 0. The SMILES string of the molecule is CC(C)c1cc(C(C)C)c(N=Cc2cc(Cl)cc(C=Nc3c(C(C)C)cc(C(C)C)cc3C(C)C)n2)c(C(C)C)c1.[Cl-].[Cl-].[Cl-].[V]. The Morgan fingerprint density at radius 2 is 0.756 bits per heavy atom. The van der Waals surface area contributed by atoms with Gasteiger partial charge in [-0.25, -0.2) is 4.98 Å². The van der Waals surface area contributed by atoms with E-state index < -0.39 is 0 Å². The van der Waals surface area contributed by atoms with Gasteiger partial charge in [-0.1, -0.05) is 119 Å². The van der Waals surface area contributed by atoms with E-state index in [0.717, 1.165) is 22.8 Å². The van der Waals surface area contributed by atoms with Crippen LogP contribution in [0.25, 0.3) is 0 Å². The molecule has 2 aromatic carbocycles. The summed E-state index contributed by atoms with van der Waals surface area (Å²) in [4.78, 5) is 14.9. The number of aromatic nitrogens is 1. The van der Waals surface area contributed by atoms with Crippen LogP contribution in [0.15, 0.2) is 46.4 Å². The van der Waals surface area contributed by atoms with Crippen molar-refractivity contribution < 1.29 is 55.8 Å². The third-order valence-corrected chi connectivity index (χ3v) is 7.90. The molecule has 3 nitrogen and oxygen atoms in total. The van der Waals surface area contributed by atoms with Crippen molar-refractivity contribution in [3.8, 4) is 0 Å². The van der Waals surface area contributed by atoms with Crippen LogP contribution >= 0.6 is 11.6 Å². The van der Waals surface area contributed by atoms with Gasteiger partial charge >= 0.3 is 0 Å². The Morgan fingerprint density at radius 1 is 0.489 bits per heavy atom. The summed E-state index contributed by atoms with van der Waals surface area (Å²) in [5, 5.41) is 0.620. The molecule has 45 heavy (non-hydrogen) atoms. The smallest absolute Gasteiger partial charge is 0.0835 e. The fourth-order valence-electron chi connectivity index (χ4n) is 5.07. The van der Waals surface area contributed by atoms with E-state index in [0.29, 0.717) is 40.5 Å². The van der Waals surface area contributed by atoms with Crippen LogP contribution in [0.4, 0.5) is 11.4 Å². The van der Waals surface area contributed by atoms with Crippen molar-refractivity contribution in [1.29, 1.82) is 0 Å². The first-order valence-corrected chi connectivity index (χ1v) is 15.7. The monoisotopic (exact) mass is 727 g/mol. The van der Waals surface area contributed by atoms with Crippen LogP contribution in [-0.4, -0.2) is 17.4 Å². The molecular formula is C37H50Cl4N3V-3. The van der Waals surface area contributed by atoms with Crippen LogP contribution in [-0.2, 0) is 18.6 Å². The molecule has 1 heterocycles. The van der Waals surface area contributed by atoms with Gasteiger partial charge in [0.25, 0.3) is 0 Å². The van der Waals surface area contributed by atoms with E-state index in [1.807, 2.05) is 24.6 Å². The van der Waals surface area contributed by atoms with Gasteiger partial charge < -0.3 is 37.2 Å². The molecule has 0 fully saturated rings. The molecule has 0 N–H and O–H groups in total. The van der Waals surface area contributed by atoms with Crippen molar-refractivity contribution in [2.75, 3.05) is 0 Å². The fraction of sp³-hybridized carbons (Fsp3) is 0.486. The van der Waals surface area contributed by atoms with Gasteiger partial charge in [0.1, 0.15) is 0 Å². The van der Waals surface area contributed by atoms with Gasteiger partial charge in [-0.3, -0.25) is 9.98 Å². The van der Waals surface area contributed by atoms with Gasteiger partial charge in [0, 0.05) is 23.6 Å². The van der Waals surface area contributed by atoms with Crippen molar-refractivity contribution >= 4 is 35.4 Å². The first-order valence-electron chi connectivity index (χ1n) is 15.3. The Kier molecular flexibility index (Phi) is 20.5. The van der Waals surface area contributed by atoms with Gasteiger partial charge in [0.15, 0.2) is 0 Å². The van der Waals surface area contributed by atoms with Crippen molar-refractivity contribution in [3.05, 3.63) is 86.2 Å². The topological polar surface area (TPSA) is 37.6 Å². The Balaban J connectivity index is 0. The van der Waals surface area contributed by atoms with Gasteiger partial charge in [-0.15, -0.1) is 0 Å². The van der Waals surface area contributed by atoms with Gasteiger partial charge in [0.2, 0.25) is 0 Å². The van der Waals surface area contributed by atoms with E-state index in [1.165, 1.54) is 33.4 Å². The summed E-state index contributed by atoms with van der Waals surface area (Å²) in [6.07, 6.45) is 3.70. The van der Waals surface area contributed by atoms with E-state index in [4.69, 9.17) is 26.6 Å². The Hall–Kier alpha value is -1.33. The summed E-state index contributed by atoms with van der Waals surface area (Å²) in [5.74, 6) is 2.38. The number of nitrogens with zero attached hydrogens (tertiary/aromatic N) is 3. The minimum atomic E-state index is 0. The predicted molar refractivity (Wildman–Crippen MR) is 181 cm³/mol. The molecule has 1 radical (unpaired) electrons. The third-order valence-electron chi connectivity index (χ3n) is 7.69. The van der Waals surface area contributed by atoms with E-state index in [1.54, 1.807) is 0 Å². The van der Waals surface area contributed by atoms with Crippen LogP contribution in [0, 0.1) is 0 Å². The van der Waals surface area contributed by atoms with E-state index in [2.05, 4.69) is 107 Å². The summed E-state index contributed by atoms with van der Waals surface area (Å²) in [6, 6.07) is 13.0. The van der Waals surface area contributed by atoms with E-state index in [-0.39, 0.29) is 55.8 Å². The van der Waals surface area contributed by atoms with Gasteiger partial charge in [0.05, 0.1) is 35.2 Å². The van der Waals surface area contributed by atoms with Crippen LogP contribution < -0.4 is 37.2 Å². The van der Waals surface area contributed by atoms with Crippen LogP contribution in [0.2, 0.25) is 5.02 Å². The molecule has 0 aliphatic carbocycles. The predicted octanol–water partition coefficient (Wildman–Crippen LogP) is 2.99. The van der Waals surface area contributed by atoms with Crippen molar-refractivity contribution in [2.24, 2.45) is 9.98 Å². The molecule has 0 aliphatic heterocycles. The molecule has 0 amide bonds. The molecule has 3 aromatic rings. The Morgan fingerprint density at radius 3 is 0.978 bits per heavy atom. The normalized spacial score (nSPS) is 11.5. The van der Waals surface area contributed by atoms with Crippen molar-refractivity contribution in [2.45, 2.75) is 119 Å². The summed E-state index contributed by atoms with van der Waals surface area (Å²) >= 11 is 6.59. The molecule has 1 aromatic heterocycles.